The van der Waals surface area contributed by atoms with Gasteiger partial charge in [0, 0.05) is 13.8 Å². The van der Waals surface area contributed by atoms with Crippen molar-refractivity contribution in [2.45, 2.75) is 26.3 Å². The lowest BCUT2D eigenvalue weighted by molar-refractivity contribution is 0.602. The minimum atomic E-state index is 0.256. The predicted molar refractivity (Wildman–Crippen MR) is 91.0 cm³/mol. The molecule has 0 amide bonds. The van der Waals surface area contributed by atoms with E-state index >= 15 is 0 Å². The van der Waals surface area contributed by atoms with Gasteiger partial charge in [-0.3, -0.25) is 0 Å². The van der Waals surface area contributed by atoms with Crippen LogP contribution in [-0.2, 0) is 0 Å². The Hall–Kier alpha value is -0.160. The summed E-state index contributed by atoms with van der Waals surface area (Å²) in [6, 6.07) is 8.79. The summed E-state index contributed by atoms with van der Waals surface area (Å²) in [4.78, 5) is 1.34. The fourth-order valence-corrected chi connectivity index (χ4v) is 4.16. The van der Waals surface area contributed by atoms with Crippen molar-refractivity contribution in [2.75, 3.05) is 6.54 Å². The first-order valence-electron chi connectivity index (χ1n) is 6.36. The molecule has 4 heteroatoms. The maximum Gasteiger partial charge on any atom is 0.0685 e. The van der Waals surface area contributed by atoms with E-state index < -0.39 is 0 Å². The second kappa shape index (κ2) is 7.02. The summed E-state index contributed by atoms with van der Waals surface area (Å²) in [6.07, 6.45) is 1.13. The molecule has 2 aromatic rings. The van der Waals surface area contributed by atoms with Gasteiger partial charge >= 0.3 is 0 Å². The SMILES string of the molecule is CCCNC(c1cccc(Br)c1C)c1sccc1Br. The fourth-order valence-electron chi connectivity index (χ4n) is 2.08. The van der Waals surface area contributed by atoms with Crippen LogP contribution in [0.3, 0.4) is 0 Å². The van der Waals surface area contributed by atoms with Crippen LogP contribution in [0.1, 0.15) is 35.4 Å². The molecule has 1 heterocycles. The highest BCUT2D eigenvalue weighted by atomic mass is 79.9. The van der Waals surface area contributed by atoms with E-state index in [2.05, 4.69) is 80.7 Å². The maximum atomic E-state index is 3.66. The first kappa shape index (κ1) is 15.2. The van der Waals surface area contributed by atoms with E-state index in [9.17, 15) is 0 Å². The Labute approximate surface area is 135 Å². The van der Waals surface area contributed by atoms with Crippen molar-refractivity contribution in [3.8, 4) is 0 Å². The third-order valence-electron chi connectivity index (χ3n) is 3.13. The summed E-state index contributed by atoms with van der Waals surface area (Å²) >= 11 is 9.08. The van der Waals surface area contributed by atoms with E-state index in [0.29, 0.717) is 0 Å². The van der Waals surface area contributed by atoms with E-state index in [4.69, 9.17) is 0 Å². The number of halogens is 2. The zero-order chi connectivity index (χ0) is 13.8. The van der Waals surface area contributed by atoms with Gasteiger partial charge in [-0.2, -0.15) is 0 Å². The average molecular weight is 403 g/mol. The molecule has 1 unspecified atom stereocenters. The van der Waals surface area contributed by atoms with E-state index in [1.807, 2.05) is 0 Å². The molecular formula is C15H17Br2NS. The van der Waals surface area contributed by atoms with Crippen LogP contribution in [0, 0.1) is 6.92 Å². The molecule has 102 valence electrons. The third kappa shape index (κ3) is 3.48. The minimum Gasteiger partial charge on any atom is -0.306 e. The van der Waals surface area contributed by atoms with Gasteiger partial charge < -0.3 is 5.32 Å². The Bertz CT molecular complexity index is 551. The zero-order valence-corrected chi connectivity index (χ0v) is 15.0. The monoisotopic (exact) mass is 401 g/mol. The Kier molecular flexibility index (Phi) is 5.63. The van der Waals surface area contributed by atoms with Gasteiger partial charge in [-0.1, -0.05) is 35.0 Å². The van der Waals surface area contributed by atoms with Crippen LogP contribution in [0.15, 0.2) is 38.6 Å². The lowest BCUT2D eigenvalue weighted by Gasteiger charge is -2.21. The van der Waals surface area contributed by atoms with Crippen LogP contribution in [0.25, 0.3) is 0 Å². The van der Waals surface area contributed by atoms with Gasteiger partial charge in [-0.25, -0.2) is 0 Å². The number of thiophene rings is 1. The Balaban J connectivity index is 2.43. The molecule has 1 aromatic carbocycles. The van der Waals surface area contributed by atoms with Crippen molar-refractivity contribution in [1.82, 2.24) is 5.32 Å². The molecule has 0 aliphatic carbocycles. The maximum absolute atomic E-state index is 3.66. The number of hydrogen-bond acceptors (Lipinski definition) is 2. The second-order valence-corrected chi connectivity index (χ2v) is 7.13. The molecule has 1 aromatic heterocycles. The van der Waals surface area contributed by atoms with E-state index in [0.717, 1.165) is 13.0 Å². The summed E-state index contributed by atoms with van der Waals surface area (Å²) < 4.78 is 2.35. The average Bonchev–Trinajstić information content (AvgIpc) is 2.81. The summed E-state index contributed by atoms with van der Waals surface area (Å²) in [6.45, 7) is 5.38. The standard InChI is InChI=1S/C15H17Br2NS/c1-3-8-18-14(15-13(17)7-9-19-15)11-5-4-6-12(16)10(11)2/h4-7,9,14,18H,3,8H2,1-2H3. The number of benzene rings is 1. The summed E-state index contributed by atoms with van der Waals surface area (Å²) in [5, 5.41) is 5.79. The van der Waals surface area contributed by atoms with Gasteiger partial charge in [0.15, 0.2) is 0 Å². The van der Waals surface area contributed by atoms with Gasteiger partial charge in [-0.15, -0.1) is 11.3 Å². The van der Waals surface area contributed by atoms with Crippen molar-refractivity contribution in [1.29, 1.82) is 0 Å². The third-order valence-corrected chi connectivity index (χ3v) is 5.92. The molecule has 0 aliphatic heterocycles. The molecular weight excluding hydrogens is 386 g/mol. The highest BCUT2D eigenvalue weighted by Gasteiger charge is 2.19. The van der Waals surface area contributed by atoms with Crippen molar-refractivity contribution in [3.63, 3.8) is 0 Å². The van der Waals surface area contributed by atoms with Crippen LogP contribution in [-0.4, -0.2) is 6.54 Å². The number of rotatable bonds is 5. The molecule has 0 bridgehead atoms. The first-order chi connectivity index (χ1) is 9.15. The van der Waals surface area contributed by atoms with E-state index in [1.54, 1.807) is 11.3 Å². The van der Waals surface area contributed by atoms with Gasteiger partial charge in [0.05, 0.1) is 6.04 Å². The van der Waals surface area contributed by atoms with Crippen molar-refractivity contribution >= 4 is 43.2 Å². The van der Waals surface area contributed by atoms with Crippen molar-refractivity contribution in [3.05, 3.63) is 54.6 Å². The molecule has 0 saturated carbocycles. The van der Waals surface area contributed by atoms with Gasteiger partial charge in [0.2, 0.25) is 0 Å². The van der Waals surface area contributed by atoms with Gasteiger partial charge in [-0.05, 0) is 64.5 Å². The van der Waals surface area contributed by atoms with Crippen LogP contribution < -0.4 is 5.32 Å². The normalized spacial score (nSPS) is 12.6. The largest absolute Gasteiger partial charge is 0.306 e. The Morgan fingerprint density at radius 3 is 2.63 bits per heavy atom. The van der Waals surface area contributed by atoms with E-state index in [1.165, 1.54) is 24.9 Å². The summed E-state index contributed by atoms with van der Waals surface area (Å²) in [5.41, 5.74) is 2.64. The molecule has 0 radical (unpaired) electrons. The second-order valence-electron chi connectivity index (χ2n) is 4.47. The Morgan fingerprint density at radius 2 is 2.00 bits per heavy atom. The molecule has 0 fully saturated rings. The quantitative estimate of drug-likeness (QED) is 0.679. The predicted octanol–water partition coefficient (Wildman–Crippen LogP) is 5.67. The van der Waals surface area contributed by atoms with Crippen LogP contribution in [0.4, 0.5) is 0 Å². The summed E-state index contributed by atoms with van der Waals surface area (Å²) in [7, 11) is 0. The molecule has 0 aliphatic rings. The molecule has 1 N–H and O–H groups in total. The van der Waals surface area contributed by atoms with Crippen LogP contribution >= 0.6 is 43.2 Å². The number of nitrogens with one attached hydrogen (secondary N) is 1. The minimum absolute atomic E-state index is 0.256. The highest BCUT2D eigenvalue weighted by Crippen LogP contribution is 2.35. The lowest BCUT2D eigenvalue weighted by Crippen LogP contribution is -2.23. The molecule has 19 heavy (non-hydrogen) atoms. The van der Waals surface area contributed by atoms with Gasteiger partial charge in [0.25, 0.3) is 0 Å². The molecule has 2 rings (SSSR count). The lowest BCUT2D eigenvalue weighted by atomic mass is 10.00. The fraction of sp³-hybridized carbons (Fsp3) is 0.333. The van der Waals surface area contributed by atoms with Crippen molar-refractivity contribution < 1.29 is 0 Å². The van der Waals surface area contributed by atoms with E-state index in [-0.39, 0.29) is 6.04 Å². The smallest absolute Gasteiger partial charge is 0.0685 e. The zero-order valence-electron chi connectivity index (χ0n) is 11.0. The van der Waals surface area contributed by atoms with Crippen molar-refractivity contribution in [2.24, 2.45) is 0 Å². The molecule has 0 spiro atoms. The first-order valence-corrected chi connectivity index (χ1v) is 8.83. The summed E-state index contributed by atoms with van der Waals surface area (Å²) in [5.74, 6) is 0. The topological polar surface area (TPSA) is 12.0 Å². The number of hydrogen-bond donors (Lipinski definition) is 1. The highest BCUT2D eigenvalue weighted by molar-refractivity contribution is 9.10. The Morgan fingerprint density at radius 1 is 1.21 bits per heavy atom. The molecule has 1 nitrogen and oxygen atoms in total. The van der Waals surface area contributed by atoms with Gasteiger partial charge in [0.1, 0.15) is 0 Å². The molecule has 0 saturated heterocycles. The molecule has 1 atom stereocenters. The van der Waals surface area contributed by atoms with Crippen LogP contribution in [0.2, 0.25) is 0 Å². The van der Waals surface area contributed by atoms with Crippen LogP contribution in [0.5, 0.6) is 0 Å².